The second-order valence-corrected chi connectivity index (χ2v) is 7.75. The van der Waals surface area contributed by atoms with E-state index in [1.807, 2.05) is 30.3 Å². The van der Waals surface area contributed by atoms with Crippen LogP contribution < -0.4 is 9.46 Å². The third-order valence-corrected chi connectivity index (χ3v) is 5.45. The number of sulfonamides is 1. The van der Waals surface area contributed by atoms with Crippen LogP contribution in [0.25, 0.3) is 0 Å². The molecular formula is C17H21N3O3S. The second kappa shape index (κ2) is 7.72. The number of nitrogens with zero attached hydrogens (tertiary/aromatic N) is 2. The van der Waals surface area contributed by atoms with E-state index in [-0.39, 0.29) is 17.9 Å². The van der Waals surface area contributed by atoms with Gasteiger partial charge in [0, 0.05) is 18.4 Å². The van der Waals surface area contributed by atoms with Crippen molar-refractivity contribution in [1.29, 1.82) is 0 Å². The normalized spacial score (nSPS) is 21.3. The lowest BCUT2D eigenvalue weighted by Gasteiger charge is -2.28. The van der Waals surface area contributed by atoms with Crippen LogP contribution in [0.4, 0.5) is 0 Å². The monoisotopic (exact) mass is 347 g/mol. The summed E-state index contributed by atoms with van der Waals surface area (Å²) in [7, 11) is -3.32. The molecule has 7 heteroatoms. The van der Waals surface area contributed by atoms with E-state index in [0.29, 0.717) is 5.88 Å². The van der Waals surface area contributed by atoms with Gasteiger partial charge in [0.05, 0.1) is 11.9 Å². The van der Waals surface area contributed by atoms with E-state index in [9.17, 15) is 8.42 Å². The lowest BCUT2D eigenvalue weighted by Crippen LogP contribution is -2.40. The van der Waals surface area contributed by atoms with Gasteiger partial charge in [0.1, 0.15) is 6.10 Å². The molecule has 1 aromatic heterocycles. The summed E-state index contributed by atoms with van der Waals surface area (Å²) in [6, 6.07) is 9.19. The smallest absolute Gasteiger partial charge is 0.232 e. The van der Waals surface area contributed by atoms with Gasteiger partial charge in [-0.05, 0) is 31.2 Å². The molecule has 1 N–H and O–H groups in total. The molecule has 6 nitrogen and oxygen atoms in total. The fraction of sp³-hybridized carbons (Fsp3) is 0.412. The molecule has 1 aliphatic carbocycles. The first-order chi connectivity index (χ1) is 11.6. The molecule has 0 radical (unpaired) electrons. The van der Waals surface area contributed by atoms with Crippen molar-refractivity contribution < 1.29 is 13.2 Å². The van der Waals surface area contributed by atoms with Gasteiger partial charge in [-0.25, -0.2) is 18.1 Å². The molecule has 2 aromatic rings. The topological polar surface area (TPSA) is 81.2 Å². The largest absolute Gasteiger partial charge is 0.473 e. The zero-order valence-electron chi connectivity index (χ0n) is 13.3. The average Bonchev–Trinajstić information content (AvgIpc) is 2.58. The fourth-order valence-electron chi connectivity index (χ4n) is 2.90. The first-order valence-corrected chi connectivity index (χ1v) is 9.72. The summed E-state index contributed by atoms with van der Waals surface area (Å²) in [5.74, 6) is 0.537. The van der Waals surface area contributed by atoms with Gasteiger partial charge < -0.3 is 4.74 Å². The number of aromatic nitrogens is 2. The summed E-state index contributed by atoms with van der Waals surface area (Å²) < 4.78 is 33.2. The Balaban J connectivity index is 1.48. The van der Waals surface area contributed by atoms with Crippen LogP contribution in [0.15, 0.2) is 48.9 Å². The number of hydrogen-bond acceptors (Lipinski definition) is 5. The number of rotatable bonds is 6. The van der Waals surface area contributed by atoms with Gasteiger partial charge in [0.2, 0.25) is 15.9 Å². The van der Waals surface area contributed by atoms with Crippen LogP contribution in [0.1, 0.15) is 31.2 Å². The molecule has 0 bridgehead atoms. The van der Waals surface area contributed by atoms with Crippen LogP contribution in [0.3, 0.4) is 0 Å². The van der Waals surface area contributed by atoms with Crippen molar-refractivity contribution in [3.8, 4) is 5.88 Å². The van der Waals surface area contributed by atoms with Crippen molar-refractivity contribution >= 4 is 10.0 Å². The van der Waals surface area contributed by atoms with Gasteiger partial charge in [-0.3, -0.25) is 4.98 Å². The number of ether oxygens (including phenoxy) is 1. The van der Waals surface area contributed by atoms with Crippen LogP contribution in [0.5, 0.6) is 5.88 Å². The molecule has 0 unspecified atom stereocenters. The first-order valence-electron chi connectivity index (χ1n) is 8.07. The SMILES string of the molecule is O=S(=O)(Cc1ccccc1)NC1CCC(Oc2cnccn2)CC1. The number of nitrogens with one attached hydrogen (secondary N) is 1. The first kappa shape index (κ1) is 16.9. The quantitative estimate of drug-likeness (QED) is 0.867. The molecule has 1 heterocycles. The third-order valence-electron chi connectivity index (χ3n) is 4.05. The predicted molar refractivity (Wildman–Crippen MR) is 90.9 cm³/mol. The van der Waals surface area contributed by atoms with Gasteiger partial charge in [0.15, 0.2) is 0 Å². The Morgan fingerprint density at radius 2 is 1.83 bits per heavy atom. The fourth-order valence-corrected chi connectivity index (χ4v) is 4.36. The Hall–Kier alpha value is -1.99. The molecule has 0 aliphatic heterocycles. The zero-order chi connectivity index (χ0) is 16.8. The van der Waals surface area contributed by atoms with Gasteiger partial charge in [-0.1, -0.05) is 30.3 Å². The van der Waals surface area contributed by atoms with E-state index in [0.717, 1.165) is 31.2 Å². The minimum atomic E-state index is -3.32. The van der Waals surface area contributed by atoms with Crippen LogP contribution >= 0.6 is 0 Å². The van der Waals surface area contributed by atoms with Crippen molar-refractivity contribution in [3.63, 3.8) is 0 Å². The highest BCUT2D eigenvalue weighted by Crippen LogP contribution is 2.23. The molecular weight excluding hydrogens is 326 g/mol. The molecule has 128 valence electrons. The molecule has 0 amide bonds. The molecule has 0 saturated heterocycles. The van der Waals surface area contributed by atoms with Crippen molar-refractivity contribution in [3.05, 3.63) is 54.5 Å². The summed E-state index contributed by atoms with van der Waals surface area (Å²) >= 11 is 0. The standard InChI is InChI=1S/C17H21N3O3S/c21-24(22,13-14-4-2-1-3-5-14)20-15-6-8-16(9-7-15)23-17-12-18-10-11-19-17/h1-5,10-12,15-16,20H,6-9,13H2. The van der Waals surface area contributed by atoms with E-state index < -0.39 is 10.0 Å². The van der Waals surface area contributed by atoms with Crippen molar-refractivity contribution in [2.45, 2.75) is 43.6 Å². The van der Waals surface area contributed by atoms with Crippen LogP contribution in [0, 0.1) is 0 Å². The highest BCUT2D eigenvalue weighted by atomic mass is 32.2. The van der Waals surface area contributed by atoms with E-state index in [1.54, 1.807) is 18.6 Å². The van der Waals surface area contributed by atoms with Gasteiger partial charge in [-0.15, -0.1) is 0 Å². The Morgan fingerprint density at radius 3 is 2.50 bits per heavy atom. The molecule has 1 aromatic carbocycles. The van der Waals surface area contributed by atoms with Crippen LogP contribution in [0.2, 0.25) is 0 Å². The Labute approximate surface area is 142 Å². The molecule has 1 fully saturated rings. The minimum Gasteiger partial charge on any atom is -0.473 e. The molecule has 24 heavy (non-hydrogen) atoms. The highest BCUT2D eigenvalue weighted by Gasteiger charge is 2.26. The summed E-state index contributed by atoms with van der Waals surface area (Å²) in [6.07, 6.45) is 7.98. The van der Waals surface area contributed by atoms with Gasteiger partial charge in [0.25, 0.3) is 0 Å². The van der Waals surface area contributed by atoms with Crippen molar-refractivity contribution in [2.24, 2.45) is 0 Å². The maximum atomic E-state index is 12.3. The van der Waals surface area contributed by atoms with Crippen LogP contribution in [-0.4, -0.2) is 30.5 Å². The van der Waals surface area contributed by atoms with Crippen molar-refractivity contribution in [1.82, 2.24) is 14.7 Å². The molecule has 1 saturated carbocycles. The van der Waals surface area contributed by atoms with E-state index >= 15 is 0 Å². The molecule has 1 aliphatic rings. The lowest BCUT2D eigenvalue weighted by molar-refractivity contribution is 0.138. The predicted octanol–water partition coefficient (Wildman–Crippen LogP) is 2.29. The van der Waals surface area contributed by atoms with Gasteiger partial charge >= 0.3 is 0 Å². The maximum absolute atomic E-state index is 12.3. The minimum absolute atomic E-state index is 0.0177. The Bertz CT molecular complexity index is 730. The lowest BCUT2D eigenvalue weighted by atomic mass is 9.94. The summed E-state index contributed by atoms with van der Waals surface area (Å²) in [5, 5.41) is 0. The van der Waals surface area contributed by atoms with E-state index in [2.05, 4.69) is 14.7 Å². The van der Waals surface area contributed by atoms with Crippen LogP contribution in [-0.2, 0) is 15.8 Å². The highest BCUT2D eigenvalue weighted by molar-refractivity contribution is 7.88. The zero-order valence-corrected chi connectivity index (χ0v) is 14.2. The van der Waals surface area contributed by atoms with E-state index in [4.69, 9.17) is 4.74 Å². The summed E-state index contributed by atoms with van der Waals surface area (Å²) in [5.41, 5.74) is 0.796. The molecule has 0 spiro atoms. The van der Waals surface area contributed by atoms with Gasteiger partial charge in [-0.2, -0.15) is 0 Å². The third kappa shape index (κ3) is 5.01. The molecule has 3 rings (SSSR count). The average molecular weight is 347 g/mol. The molecule has 0 atom stereocenters. The second-order valence-electron chi connectivity index (χ2n) is 6.00. The van der Waals surface area contributed by atoms with E-state index in [1.165, 1.54) is 0 Å². The summed E-state index contributed by atoms with van der Waals surface area (Å²) in [4.78, 5) is 8.08. The summed E-state index contributed by atoms with van der Waals surface area (Å²) in [6.45, 7) is 0. The van der Waals surface area contributed by atoms with Crippen molar-refractivity contribution in [2.75, 3.05) is 0 Å². The number of hydrogen-bond donors (Lipinski definition) is 1. The maximum Gasteiger partial charge on any atom is 0.232 e. The Kier molecular flexibility index (Phi) is 5.42. The Morgan fingerprint density at radius 1 is 1.08 bits per heavy atom. The number of benzene rings is 1.